The zero-order chi connectivity index (χ0) is 14.4. The molecule has 2 rings (SSSR count). The van der Waals surface area contributed by atoms with Gasteiger partial charge in [-0.3, -0.25) is 4.79 Å². The average Bonchev–Trinajstić information content (AvgIpc) is 2.46. The molecule has 1 saturated heterocycles. The van der Waals surface area contributed by atoms with Crippen molar-refractivity contribution in [2.45, 2.75) is 51.5 Å². The molecule has 0 saturated carbocycles. The fourth-order valence-corrected chi connectivity index (χ4v) is 2.59. The molecule has 3 nitrogen and oxygen atoms in total. The van der Waals surface area contributed by atoms with E-state index in [2.05, 4.69) is 48.7 Å². The zero-order valence-corrected chi connectivity index (χ0v) is 13.8. The minimum atomic E-state index is 0. The van der Waals surface area contributed by atoms with Crippen molar-refractivity contribution in [1.29, 1.82) is 0 Å². The fraction of sp³-hybridized carbons (Fsp3) is 0.588. The van der Waals surface area contributed by atoms with E-state index in [-0.39, 0.29) is 18.3 Å². The number of aryl methyl sites for hydroxylation is 1. The van der Waals surface area contributed by atoms with E-state index in [0.717, 1.165) is 32.4 Å². The van der Waals surface area contributed by atoms with Crippen molar-refractivity contribution in [3.63, 3.8) is 0 Å². The molecule has 1 aromatic carbocycles. The van der Waals surface area contributed by atoms with Crippen LogP contribution in [-0.2, 0) is 11.2 Å². The van der Waals surface area contributed by atoms with Crippen molar-refractivity contribution in [3.8, 4) is 0 Å². The van der Waals surface area contributed by atoms with E-state index < -0.39 is 0 Å². The Balaban J connectivity index is 0.00000220. The zero-order valence-electron chi connectivity index (χ0n) is 13.0. The number of halogens is 1. The van der Waals surface area contributed by atoms with Crippen LogP contribution in [0.5, 0.6) is 0 Å². The number of piperidine rings is 1. The SMILES string of the molecule is CC(C)c1ccc(CCC(=O)NC2CCNCC2)cc1.Cl. The van der Waals surface area contributed by atoms with Gasteiger partial charge in [-0.15, -0.1) is 12.4 Å². The summed E-state index contributed by atoms with van der Waals surface area (Å²) in [5, 5.41) is 6.45. The van der Waals surface area contributed by atoms with Crippen LogP contribution in [0.1, 0.15) is 50.2 Å². The smallest absolute Gasteiger partial charge is 0.220 e. The van der Waals surface area contributed by atoms with E-state index in [1.54, 1.807) is 0 Å². The van der Waals surface area contributed by atoms with Crippen molar-refractivity contribution in [2.75, 3.05) is 13.1 Å². The summed E-state index contributed by atoms with van der Waals surface area (Å²) in [5.41, 5.74) is 2.60. The lowest BCUT2D eigenvalue weighted by Crippen LogP contribution is -2.42. The molecule has 0 bridgehead atoms. The second kappa shape index (κ2) is 9.06. The molecule has 0 aliphatic carbocycles. The number of carbonyl (C=O) groups is 1. The average molecular weight is 311 g/mol. The van der Waals surface area contributed by atoms with Gasteiger partial charge in [0.05, 0.1) is 0 Å². The quantitative estimate of drug-likeness (QED) is 0.877. The highest BCUT2D eigenvalue weighted by Gasteiger charge is 2.14. The van der Waals surface area contributed by atoms with Gasteiger partial charge in [0.1, 0.15) is 0 Å². The maximum absolute atomic E-state index is 11.9. The lowest BCUT2D eigenvalue weighted by atomic mass is 10.00. The van der Waals surface area contributed by atoms with E-state index in [1.165, 1.54) is 11.1 Å². The molecular weight excluding hydrogens is 284 g/mol. The maximum atomic E-state index is 11.9. The van der Waals surface area contributed by atoms with Crippen LogP contribution in [0.15, 0.2) is 24.3 Å². The maximum Gasteiger partial charge on any atom is 0.220 e. The Morgan fingerprint density at radius 1 is 1.24 bits per heavy atom. The Morgan fingerprint density at radius 2 is 1.86 bits per heavy atom. The van der Waals surface area contributed by atoms with Crippen molar-refractivity contribution in [1.82, 2.24) is 10.6 Å². The Bertz CT molecular complexity index is 425. The van der Waals surface area contributed by atoms with Crippen LogP contribution in [0, 0.1) is 0 Å². The van der Waals surface area contributed by atoms with Crippen LogP contribution in [0.25, 0.3) is 0 Å². The van der Waals surface area contributed by atoms with Gasteiger partial charge in [-0.05, 0) is 49.4 Å². The van der Waals surface area contributed by atoms with Gasteiger partial charge in [0.2, 0.25) is 5.91 Å². The predicted octanol–water partition coefficient (Wildman–Crippen LogP) is 3.03. The van der Waals surface area contributed by atoms with E-state index >= 15 is 0 Å². The van der Waals surface area contributed by atoms with Gasteiger partial charge < -0.3 is 10.6 Å². The summed E-state index contributed by atoms with van der Waals surface area (Å²) in [6, 6.07) is 9.00. The van der Waals surface area contributed by atoms with Crippen LogP contribution >= 0.6 is 12.4 Å². The number of hydrogen-bond acceptors (Lipinski definition) is 2. The minimum Gasteiger partial charge on any atom is -0.353 e. The van der Waals surface area contributed by atoms with Crippen molar-refractivity contribution >= 4 is 18.3 Å². The summed E-state index contributed by atoms with van der Waals surface area (Å²) in [5.74, 6) is 0.747. The predicted molar refractivity (Wildman–Crippen MR) is 90.1 cm³/mol. The molecule has 1 aromatic rings. The Kier molecular flexibility index (Phi) is 7.76. The molecule has 21 heavy (non-hydrogen) atoms. The molecule has 1 aliphatic rings. The van der Waals surface area contributed by atoms with Crippen LogP contribution in [0.4, 0.5) is 0 Å². The number of hydrogen-bond donors (Lipinski definition) is 2. The molecule has 1 heterocycles. The van der Waals surface area contributed by atoms with E-state index in [0.29, 0.717) is 18.4 Å². The van der Waals surface area contributed by atoms with E-state index in [9.17, 15) is 4.79 Å². The van der Waals surface area contributed by atoms with Crippen molar-refractivity contribution in [3.05, 3.63) is 35.4 Å². The Morgan fingerprint density at radius 3 is 2.43 bits per heavy atom. The molecule has 0 radical (unpaired) electrons. The van der Waals surface area contributed by atoms with Crippen LogP contribution < -0.4 is 10.6 Å². The molecule has 0 atom stereocenters. The van der Waals surface area contributed by atoms with Gasteiger partial charge >= 0.3 is 0 Å². The summed E-state index contributed by atoms with van der Waals surface area (Å²) < 4.78 is 0. The summed E-state index contributed by atoms with van der Waals surface area (Å²) in [6.45, 7) is 6.42. The molecule has 4 heteroatoms. The first kappa shape index (κ1) is 18.0. The fourth-order valence-electron chi connectivity index (χ4n) is 2.59. The number of nitrogens with one attached hydrogen (secondary N) is 2. The lowest BCUT2D eigenvalue weighted by Gasteiger charge is -2.23. The normalized spacial score (nSPS) is 15.6. The first-order valence-corrected chi connectivity index (χ1v) is 7.74. The minimum absolute atomic E-state index is 0. The van der Waals surface area contributed by atoms with Crippen LogP contribution in [0.3, 0.4) is 0 Å². The van der Waals surface area contributed by atoms with E-state index in [1.807, 2.05) is 0 Å². The Hall–Kier alpha value is -1.06. The molecule has 2 N–H and O–H groups in total. The number of carbonyl (C=O) groups excluding carboxylic acids is 1. The monoisotopic (exact) mass is 310 g/mol. The molecule has 118 valence electrons. The highest BCUT2D eigenvalue weighted by molar-refractivity contribution is 5.85. The highest BCUT2D eigenvalue weighted by Crippen LogP contribution is 2.15. The second-order valence-corrected chi connectivity index (χ2v) is 5.99. The third-order valence-electron chi connectivity index (χ3n) is 3.99. The third-order valence-corrected chi connectivity index (χ3v) is 3.99. The first-order valence-electron chi connectivity index (χ1n) is 7.74. The number of amides is 1. The number of benzene rings is 1. The van der Waals surface area contributed by atoms with Gasteiger partial charge in [0, 0.05) is 12.5 Å². The topological polar surface area (TPSA) is 41.1 Å². The standard InChI is InChI=1S/C17H26N2O.ClH/c1-13(2)15-6-3-14(4-7-15)5-8-17(20)19-16-9-11-18-12-10-16;/h3-4,6-7,13,16,18H,5,8-12H2,1-2H3,(H,19,20);1H. The summed E-state index contributed by atoms with van der Waals surface area (Å²) in [4.78, 5) is 11.9. The van der Waals surface area contributed by atoms with E-state index in [4.69, 9.17) is 0 Å². The third kappa shape index (κ3) is 6.06. The van der Waals surface area contributed by atoms with Crippen LogP contribution in [0.2, 0.25) is 0 Å². The summed E-state index contributed by atoms with van der Waals surface area (Å²) in [7, 11) is 0. The second-order valence-electron chi connectivity index (χ2n) is 5.99. The van der Waals surface area contributed by atoms with Gasteiger partial charge in [-0.2, -0.15) is 0 Å². The summed E-state index contributed by atoms with van der Waals surface area (Å²) >= 11 is 0. The number of rotatable bonds is 5. The molecule has 1 amide bonds. The van der Waals surface area contributed by atoms with Crippen LogP contribution in [-0.4, -0.2) is 25.0 Å². The molecule has 0 aromatic heterocycles. The molecule has 0 unspecified atom stereocenters. The first-order chi connectivity index (χ1) is 9.65. The van der Waals surface area contributed by atoms with Crippen molar-refractivity contribution < 1.29 is 4.79 Å². The van der Waals surface area contributed by atoms with Gasteiger partial charge in [-0.1, -0.05) is 38.1 Å². The van der Waals surface area contributed by atoms with Gasteiger partial charge in [-0.25, -0.2) is 0 Å². The largest absolute Gasteiger partial charge is 0.353 e. The molecule has 0 spiro atoms. The van der Waals surface area contributed by atoms with Crippen molar-refractivity contribution in [2.24, 2.45) is 0 Å². The van der Waals surface area contributed by atoms with Gasteiger partial charge in [0.25, 0.3) is 0 Å². The van der Waals surface area contributed by atoms with Gasteiger partial charge in [0.15, 0.2) is 0 Å². The molecule has 1 fully saturated rings. The molecular formula is C17H27ClN2O. The highest BCUT2D eigenvalue weighted by atomic mass is 35.5. The summed E-state index contributed by atoms with van der Waals surface area (Å²) in [6.07, 6.45) is 3.52. The Labute approximate surface area is 134 Å². The molecule has 1 aliphatic heterocycles. The lowest BCUT2D eigenvalue weighted by molar-refractivity contribution is -0.121.